The van der Waals surface area contributed by atoms with E-state index in [0.29, 0.717) is 18.5 Å². The van der Waals surface area contributed by atoms with Crippen LogP contribution in [-0.4, -0.2) is 49.8 Å². The van der Waals surface area contributed by atoms with Crippen molar-refractivity contribution in [3.8, 4) is 0 Å². The third kappa shape index (κ3) is 4.12. The van der Waals surface area contributed by atoms with Crippen LogP contribution in [0.2, 0.25) is 0 Å². The number of amides is 1. The number of anilines is 1. The molecule has 1 aliphatic rings. The van der Waals surface area contributed by atoms with Gasteiger partial charge in [0.25, 0.3) is 0 Å². The first-order valence-electron chi connectivity index (χ1n) is 11.0. The van der Waals surface area contributed by atoms with Crippen molar-refractivity contribution in [1.82, 2.24) is 24.2 Å². The van der Waals surface area contributed by atoms with Crippen molar-refractivity contribution < 1.29 is 4.79 Å². The highest BCUT2D eigenvalue weighted by Gasteiger charge is 2.28. The van der Waals surface area contributed by atoms with Crippen LogP contribution in [0.3, 0.4) is 0 Å². The van der Waals surface area contributed by atoms with Crippen LogP contribution in [0.1, 0.15) is 57.1 Å². The summed E-state index contributed by atoms with van der Waals surface area (Å²) >= 11 is 0. The number of piperidine rings is 1. The topological polar surface area (TPSA) is 68.0 Å². The molecule has 3 aromatic rings. The molecule has 1 unspecified atom stereocenters. The van der Waals surface area contributed by atoms with Crippen molar-refractivity contribution in [2.45, 2.75) is 59.0 Å². The van der Waals surface area contributed by atoms with Gasteiger partial charge in [-0.15, -0.1) is 0 Å². The molecule has 160 valence electrons. The fourth-order valence-electron chi connectivity index (χ4n) is 4.50. The Labute approximate surface area is 178 Å². The van der Waals surface area contributed by atoms with Gasteiger partial charge in [-0.05, 0) is 59.2 Å². The number of benzene rings is 1. The third-order valence-electron chi connectivity index (χ3n) is 5.92. The number of likely N-dealkylation sites (tertiary alicyclic amines) is 1. The second kappa shape index (κ2) is 8.60. The quantitative estimate of drug-likeness (QED) is 0.670. The van der Waals surface area contributed by atoms with Crippen molar-refractivity contribution >= 4 is 22.6 Å². The molecule has 1 atom stereocenters. The van der Waals surface area contributed by atoms with Crippen LogP contribution in [0.5, 0.6) is 0 Å². The van der Waals surface area contributed by atoms with Gasteiger partial charge in [-0.2, -0.15) is 5.10 Å². The second-order valence-electron chi connectivity index (χ2n) is 8.53. The third-order valence-corrected chi connectivity index (χ3v) is 5.92. The molecule has 1 saturated heterocycles. The van der Waals surface area contributed by atoms with Crippen molar-refractivity contribution in [3.63, 3.8) is 0 Å². The lowest BCUT2D eigenvalue weighted by Crippen LogP contribution is -2.40. The molecule has 1 aliphatic heterocycles. The minimum atomic E-state index is 0.0202. The van der Waals surface area contributed by atoms with E-state index in [1.54, 1.807) is 0 Å². The molecular weight excluding hydrogens is 376 g/mol. The minimum absolute atomic E-state index is 0.0202. The Hall–Kier alpha value is -2.67. The zero-order valence-corrected chi connectivity index (χ0v) is 18.4. The van der Waals surface area contributed by atoms with Gasteiger partial charge in [-0.25, -0.2) is 4.98 Å². The molecule has 0 aliphatic carbocycles. The Bertz CT molecular complexity index is 1030. The van der Waals surface area contributed by atoms with Gasteiger partial charge in [-0.1, -0.05) is 12.1 Å². The normalized spacial score (nSPS) is 17.7. The highest BCUT2D eigenvalue weighted by molar-refractivity contribution is 5.92. The molecule has 4 rings (SSSR count). The number of aromatic nitrogens is 4. The average Bonchev–Trinajstić information content (AvgIpc) is 3.28. The molecule has 0 radical (unpaired) electrons. The molecule has 0 spiro atoms. The van der Waals surface area contributed by atoms with E-state index in [-0.39, 0.29) is 5.91 Å². The zero-order chi connectivity index (χ0) is 21.3. The Morgan fingerprint density at radius 1 is 1.30 bits per heavy atom. The average molecular weight is 409 g/mol. The molecule has 30 heavy (non-hydrogen) atoms. The number of aryl methyl sites for hydroxylation is 2. The number of imidazole rings is 1. The van der Waals surface area contributed by atoms with Crippen molar-refractivity contribution in [2.24, 2.45) is 0 Å². The van der Waals surface area contributed by atoms with E-state index in [2.05, 4.69) is 51.9 Å². The summed E-state index contributed by atoms with van der Waals surface area (Å²) in [7, 11) is 0. The number of hydrogen-bond donors (Lipinski definition) is 1. The SMILES string of the molecule is CCn1cc(NC(=O)CN2CCCC(c3nc4ccccc4n3C(C)C)C2)c(C)n1. The Kier molecular flexibility index (Phi) is 5.90. The molecule has 0 bridgehead atoms. The van der Waals surface area contributed by atoms with Crippen molar-refractivity contribution in [1.29, 1.82) is 0 Å². The van der Waals surface area contributed by atoms with Crippen molar-refractivity contribution in [2.75, 3.05) is 25.0 Å². The first kappa shape index (κ1) is 20.6. The number of hydrogen-bond acceptors (Lipinski definition) is 4. The van der Waals surface area contributed by atoms with Crippen LogP contribution in [0.25, 0.3) is 11.0 Å². The monoisotopic (exact) mass is 408 g/mol. The summed E-state index contributed by atoms with van der Waals surface area (Å²) in [5.74, 6) is 1.51. The van der Waals surface area contributed by atoms with Gasteiger partial charge in [0, 0.05) is 31.2 Å². The van der Waals surface area contributed by atoms with E-state index in [1.165, 1.54) is 5.52 Å². The summed E-state index contributed by atoms with van der Waals surface area (Å²) in [5, 5.41) is 7.44. The number of carbonyl (C=O) groups excluding carboxylic acids is 1. The molecule has 1 N–H and O–H groups in total. The number of nitrogens with zero attached hydrogens (tertiary/aromatic N) is 5. The zero-order valence-electron chi connectivity index (χ0n) is 18.4. The summed E-state index contributed by atoms with van der Waals surface area (Å²) in [5.41, 5.74) is 3.91. The first-order chi connectivity index (χ1) is 14.5. The summed E-state index contributed by atoms with van der Waals surface area (Å²) < 4.78 is 4.21. The summed E-state index contributed by atoms with van der Waals surface area (Å²) in [6, 6.07) is 8.71. The largest absolute Gasteiger partial charge is 0.325 e. The van der Waals surface area contributed by atoms with Gasteiger partial charge >= 0.3 is 0 Å². The summed E-state index contributed by atoms with van der Waals surface area (Å²) in [4.78, 5) is 19.9. The fraction of sp³-hybridized carbons (Fsp3) is 0.522. The molecule has 1 amide bonds. The molecule has 7 heteroatoms. The molecule has 1 fully saturated rings. The molecule has 2 aromatic heterocycles. The van der Waals surface area contributed by atoms with Gasteiger partial charge in [0.2, 0.25) is 5.91 Å². The van der Waals surface area contributed by atoms with E-state index in [9.17, 15) is 4.79 Å². The maximum absolute atomic E-state index is 12.7. The van der Waals surface area contributed by atoms with Crippen LogP contribution >= 0.6 is 0 Å². The predicted octanol–water partition coefficient (Wildman–Crippen LogP) is 3.96. The number of rotatable bonds is 6. The Balaban J connectivity index is 1.47. The van der Waals surface area contributed by atoms with Crippen LogP contribution < -0.4 is 5.32 Å². The standard InChI is InChI=1S/C23H32N6O/c1-5-28-14-20(17(4)26-28)24-22(30)15-27-12-8-9-18(13-27)23-25-19-10-6-7-11-21(19)29(23)16(2)3/h6-7,10-11,14,16,18H,5,8-9,12-13,15H2,1-4H3,(H,24,30). The van der Waals surface area contributed by atoms with E-state index >= 15 is 0 Å². The number of nitrogens with one attached hydrogen (secondary N) is 1. The predicted molar refractivity (Wildman–Crippen MR) is 120 cm³/mol. The van der Waals surface area contributed by atoms with Gasteiger partial charge in [0.1, 0.15) is 5.82 Å². The Morgan fingerprint density at radius 3 is 2.83 bits per heavy atom. The van der Waals surface area contributed by atoms with Gasteiger partial charge in [0.05, 0.1) is 29.0 Å². The van der Waals surface area contributed by atoms with Gasteiger partial charge in [0.15, 0.2) is 0 Å². The lowest BCUT2D eigenvalue weighted by atomic mass is 9.97. The first-order valence-corrected chi connectivity index (χ1v) is 11.0. The lowest BCUT2D eigenvalue weighted by Gasteiger charge is -2.32. The van der Waals surface area contributed by atoms with Crippen LogP contribution in [0.4, 0.5) is 5.69 Å². The van der Waals surface area contributed by atoms with Crippen LogP contribution in [0, 0.1) is 6.92 Å². The lowest BCUT2D eigenvalue weighted by molar-refractivity contribution is -0.117. The molecule has 1 aromatic carbocycles. The maximum atomic E-state index is 12.7. The highest BCUT2D eigenvalue weighted by atomic mass is 16.2. The number of fused-ring (bicyclic) bond motifs is 1. The molecule has 0 saturated carbocycles. The minimum Gasteiger partial charge on any atom is -0.325 e. The van der Waals surface area contributed by atoms with Gasteiger partial charge < -0.3 is 9.88 Å². The van der Waals surface area contributed by atoms with E-state index in [4.69, 9.17) is 4.98 Å². The number of carbonyl (C=O) groups is 1. The van der Waals surface area contributed by atoms with E-state index in [1.807, 2.05) is 30.8 Å². The smallest absolute Gasteiger partial charge is 0.238 e. The fourth-order valence-corrected chi connectivity index (χ4v) is 4.50. The molecular formula is C23H32N6O. The van der Waals surface area contributed by atoms with Gasteiger partial charge in [-0.3, -0.25) is 14.4 Å². The van der Waals surface area contributed by atoms with Crippen LogP contribution in [0.15, 0.2) is 30.5 Å². The summed E-state index contributed by atoms with van der Waals surface area (Å²) in [6.45, 7) is 11.4. The van der Waals surface area contributed by atoms with E-state index in [0.717, 1.165) is 55.2 Å². The van der Waals surface area contributed by atoms with Crippen molar-refractivity contribution in [3.05, 3.63) is 42.0 Å². The molecule has 7 nitrogen and oxygen atoms in total. The second-order valence-corrected chi connectivity index (χ2v) is 8.53. The maximum Gasteiger partial charge on any atom is 0.238 e. The molecule has 3 heterocycles. The van der Waals surface area contributed by atoms with E-state index < -0.39 is 0 Å². The van der Waals surface area contributed by atoms with Crippen LogP contribution in [-0.2, 0) is 11.3 Å². The summed E-state index contributed by atoms with van der Waals surface area (Å²) in [6.07, 6.45) is 4.08. The number of para-hydroxylation sites is 2. The Morgan fingerprint density at radius 2 is 2.10 bits per heavy atom. The highest BCUT2D eigenvalue weighted by Crippen LogP contribution is 2.31.